The van der Waals surface area contributed by atoms with E-state index >= 15 is 0 Å². The van der Waals surface area contributed by atoms with Gasteiger partial charge < -0.3 is 9.26 Å². The van der Waals surface area contributed by atoms with Gasteiger partial charge in [-0.05, 0) is 36.8 Å². The predicted octanol–water partition coefficient (Wildman–Crippen LogP) is 4.44. The Labute approximate surface area is 161 Å². The molecule has 3 aromatic rings. The van der Waals surface area contributed by atoms with Gasteiger partial charge in [0.05, 0.1) is 11.6 Å². The number of carbonyl (C=O) groups is 1. The molecule has 1 amide bonds. The van der Waals surface area contributed by atoms with E-state index in [0.29, 0.717) is 35.5 Å². The lowest BCUT2D eigenvalue weighted by Gasteiger charge is -2.21. The van der Waals surface area contributed by atoms with Crippen molar-refractivity contribution in [3.63, 3.8) is 0 Å². The summed E-state index contributed by atoms with van der Waals surface area (Å²) in [5, 5.41) is 4.57. The molecule has 6 nitrogen and oxygen atoms in total. The Hall–Kier alpha value is -2.86. The van der Waals surface area contributed by atoms with E-state index in [4.69, 9.17) is 20.9 Å². The van der Waals surface area contributed by atoms with Crippen LogP contribution in [0.2, 0.25) is 5.02 Å². The minimum absolute atomic E-state index is 0.0613. The zero-order valence-electron chi connectivity index (χ0n) is 15.0. The van der Waals surface area contributed by atoms with Crippen molar-refractivity contribution in [2.75, 3.05) is 11.5 Å². The van der Waals surface area contributed by atoms with Crippen LogP contribution in [0.3, 0.4) is 0 Å². The first kappa shape index (κ1) is 17.5. The topological polar surface area (TPSA) is 68.5 Å². The molecule has 7 heteroatoms. The fourth-order valence-corrected chi connectivity index (χ4v) is 3.61. The van der Waals surface area contributed by atoms with Crippen LogP contribution < -0.4 is 9.64 Å². The molecule has 2 aromatic carbocycles. The summed E-state index contributed by atoms with van der Waals surface area (Å²) in [7, 11) is 0. The summed E-state index contributed by atoms with van der Waals surface area (Å²) in [6.07, 6.45) is 0.640. The normalized spacial score (nSPS) is 15.7. The smallest absolute Gasteiger partial charge is 0.250 e. The van der Waals surface area contributed by atoms with Gasteiger partial charge in [0.2, 0.25) is 17.6 Å². The highest BCUT2D eigenvalue weighted by molar-refractivity contribution is 6.32. The standard InChI is InChI=1S/C20H18ClN3O3/c1-3-26-18-9-8-14(10-15(18)21)19-22-20(27-23-19)17-11-13-6-4-5-7-16(13)24(17)12(2)25/h4-10,17H,3,11H2,1-2H3/t17-/m0/s1. The van der Waals surface area contributed by atoms with Crippen LogP contribution in [0.4, 0.5) is 5.69 Å². The SMILES string of the molecule is CCOc1ccc(-c2noc([C@@H]3Cc4ccccc4N3C(C)=O)n2)cc1Cl. The molecule has 1 aromatic heterocycles. The van der Waals surface area contributed by atoms with Gasteiger partial charge in [-0.1, -0.05) is 35.0 Å². The first-order valence-electron chi connectivity index (χ1n) is 8.72. The van der Waals surface area contributed by atoms with E-state index in [0.717, 1.165) is 16.8 Å². The summed E-state index contributed by atoms with van der Waals surface area (Å²) in [6, 6.07) is 12.9. The molecular weight excluding hydrogens is 366 g/mol. The first-order valence-corrected chi connectivity index (χ1v) is 9.10. The van der Waals surface area contributed by atoms with Crippen molar-refractivity contribution in [2.24, 2.45) is 0 Å². The number of anilines is 1. The molecule has 4 rings (SSSR count). The van der Waals surface area contributed by atoms with Gasteiger partial charge in [-0.25, -0.2) is 0 Å². The number of hydrogen-bond acceptors (Lipinski definition) is 5. The molecule has 0 saturated carbocycles. The quantitative estimate of drug-likeness (QED) is 0.666. The van der Waals surface area contributed by atoms with Crippen molar-refractivity contribution in [3.05, 3.63) is 58.9 Å². The minimum atomic E-state index is -0.306. The highest BCUT2D eigenvalue weighted by Crippen LogP contribution is 2.40. The fraction of sp³-hybridized carbons (Fsp3) is 0.250. The summed E-state index contributed by atoms with van der Waals surface area (Å²) >= 11 is 6.25. The third-order valence-corrected chi connectivity index (χ3v) is 4.83. The average molecular weight is 384 g/mol. The average Bonchev–Trinajstić information content (AvgIpc) is 3.28. The van der Waals surface area contributed by atoms with E-state index in [-0.39, 0.29) is 11.9 Å². The number of fused-ring (bicyclic) bond motifs is 1. The third-order valence-electron chi connectivity index (χ3n) is 4.53. The molecule has 0 N–H and O–H groups in total. The number of amides is 1. The van der Waals surface area contributed by atoms with Crippen molar-refractivity contribution in [1.82, 2.24) is 10.1 Å². The Kier molecular flexibility index (Phi) is 4.58. The zero-order valence-corrected chi connectivity index (χ0v) is 15.7. The molecule has 0 aliphatic carbocycles. The number of nitrogens with zero attached hydrogens (tertiary/aromatic N) is 3. The van der Waals surface area contributed by atoms with Crippen molar-refractivity contribution >= 4 is 23.2 Å². The van der Waals surface area contributed by atoms with Crippen molar-refractivity contribution in [1.29, 1.82) is 0 Å². The van der Waals surface area contributed by atoms with Gasteiger partial charge in [0, 0.05) is 24.6 Å². The van der Waals surface area contributed by atoms with Gasteiger partial charge in [-0.3, -0.25) is 9.69 Å². The minimum Gasteiger partial charge on any atom is -0.492 e. The molecule has 0 bridgehead atoms. The largest absolute Gasteiger partial charge is 0.492 e. The van der Waals surface area contributed by atoms with Gasteiger partial charge in [-0.2, -0.15) is 4.98 Å². The second kappa shape index (κ2) is 7.04. The Morgan fingerprint density at radius 1 is 1.33 bits per heavy atom. The number of hydrogen-bond donors (Lipinski definition) is 0. The Balaban J connectivity index is 1.65. The predicted molar refractivity (Wildman–Crippen MR) is 102 cm³/mol. The van der Waals surface area contributed by atoms with Crippen molar-refractivity contribution < 1.29 is 14.1 Å². The van der Waals surface area contributed by atoms with E-state index in [1.807, 2.05) is 37.3 Å². The monoisotopic (exact) mass is 383 g/mol. The summed E-state index contributed by atoms with van der Waals surface area (Å²) in [5.41, 5.74) is 2.70. The molecule has 0 spiro atoms. The van der Waals surface area contributed by atoms with Crippen LogP contribution in [-0.4, -0.2) is 22.7 Å². The molecule has 27 heavy (non-hydrogen) atoms. The van der Waals surface area contributed by atoms with E-state index in [2.05, 4.69) is 10.1 Å². The van der Waals surface area contributed by atoms with Crippen LogP contribution in [0.5, 0.6) is 5.75 Å². The lowest BCUT2D eigenvalue weighted by Crippen LogP contribution is -2.30. The Bertz CT molecular complexity index is 1000. The van der Waals surface area contributed by atoms with E-state index in [1.54, 1.807) is 24.0 Å². The van der Waals surface area contributed by atoms with Crippen LogP contribution in [-0.2, 0) is 11.2 Å². The molecule has 0 unspecified atom stereocenters. The van der Waals surface area contributed by atoms with Gasteiger partial charge in [0.1, 0.15) is 11.8 Å². The molecule has 2 heterocycles. The number of para-hydroxylation sites is 1. The zero-order chi connectivity index (χ0) is 19.0. The second-order valence-corrected chi connectivity index (χ2v) is 6.68. The molecule has 0 radical (unpaired) electrons. The lowest BCUT2D eigenvalue weighted by molar-refractivity contribution is -0.117. The maximum atomic E-state index is 12.2. The van der Waals surface area contributed by atoms with Crippen LogP contribution in [0, 0.1) is 0 Å². The maximum absolute atomic E-state index is 12.2. The van der Waals surface area contributed by atoms with Crippen LogP contribution >= 0.6 is 11.6 Å². The second-order valence-electron chi connectivity index (χ2n) is 6.27. The molecule has 1 aliphatic rings. The number of carbonyl (C=O) groups excluding carboxylic acids is 1. The van der Waals surface area contributed by atoms with Crippen LogP contribution in [0.1, 0.15) is 31.3 Å². The molecular formula is C20H18ClN3O3. The van der Waals surface area contributed by atoms with Gasteiger partial charge in [0.25, 0.3) is 0 Å². The van der Waals surface area contributed by atoms with E-state index < -0.39 is 0 Å². The van der Waals surface area contributed by atoms with Gasteiger partial charge in [-0.15, -0.1) is 0 Å². The summed E-state index contributed by atoms with van der Waals surface area (Å²) in [4.78, 5) is 18.4. The Morgan fingerprint density at radius 3 is 2.89 bits per heavy atom. The van der Waals surface area contributed by atoms with Gasteiger partial charge >= 0.3 is 0 Å². The summed E-state index contributed by atoms with van der Waals surface area (Å²) in [6.45, 7) is 3.98. The number of aromatic nitrogens is 2. The fourth-order valence-electron chi connectivity index (χ4n) is 3.37. The van der Waals surface area contributed by atoms with Gasteiger partial charge in [0.15, 0.2) is 0 Å². The maximum Gasteiger partial charge on any atom is 0.250 e. The van der Waals surface area contributed by atoms with Crippen LogP contribution in [0.25, 0.3) is 11.4 Å². The van der Waals surface area contributed by atoms with Crippen molar-refractivity contribution in [3.8, 4) is 17.1 Å². The number of ether oxygens (including phenoxy) is 1. The lowest BCUT2D eigenvalue weighted by atomic mass is 10.1. The van der Waals surface area contributed by atoms with E-state index in [9.17, 15) is 4.79 Å². The van der Waals surface area contributed by atoms with Crippen LogP contribution in [0.15, 0.2) is 47.0 Å². The van der Waals surface area contributed by atoms with Crippen molar-refractivity contribution in [2.45, 2.75) is 26.3 Å². The highest BCUT2D eigenvalue weighted by Gasteiger charge is 2.36. The van der Waals surface area contributed by atoms with E-state index in [1.165, 1.54) is 0 Å². The number of benzene rings is 2. The summed E-state index contributed by atoms with van der Waals surface area (Å²) in [5.74, 6) is 1.38. The molecule has 1 aliphatic heterocycles. The molecule has 0 fully saturated rings. The molecule has 138 valence electrons. The summed E-state index contributed by atoms with van der Waals surface area (Å²) < 4.78 is 11.0. The Morgan fingerprint density at radius 2 is 2.15 bits per heavy atom. The first-order chi connectivity index (χ1) is 13.1. The highest BCUT2D eigenvalue weighted by atomic mass is 35.5. The number of halogens is 1. The third kappa shape index (κ3) is 3.17. The molecule has 1 atom stereocenters. The number of rotatable bonds is 4. The molecule has 0 saturated heterocycles.